The van der Waals surface area contributed by atoms with Crippen LogP contribution in [0.1, 0.15) is 20.8 Å². The average Bonchev–Trinajstić information content (AvgIpc) is 2.70. The molecule has 5 atom stereocenters. The first-order chi connectivity index (χ1) is 15.4. The van der Waals surface area contributed by atoms with E-state index >= 15 is 0 Å². The fraction of sp³-hybridized carbons (Fsp3) is 0.500. The fourth-order valence-electron chi connectivity index (χ4n) is 2.96. The predicted octanol–water partition coefficient (Wildman–Crippen LogP) is 3.66. The molecular formula is C20H22Cl3NO8S. The smallest absolute Gasteiger partial charge is 0.303 e. The van der Waals surface area contributed by atoms with E-state index in [4.69, 9.17) is 63.9 Å². The molecule has 1 heterocycles. The van der Waals surface area contributed by atoms with Gasteiger partial charge in [0.1, 0.15) is 6.10 Å². The lowest BCUT2D eigenvalue weighted by Crippen LogP contribution is -2.63. The van der Waals surface area contributed by atoms with E-state index in [9.17, 15) is 14.4 Å². The molecule has 1 saturated heterocycles. The van der Waals surface area contributed by atoms with Crippen LogP contribution in [-0.4, -0.2) is 64.1 Å². The molecule has 1 N–H and O–H groups in total. The molecule has 0 unspecified atom stereocenters. The third-order valence-electron chi connectivity index (χ3n) is 4.15. The van der Waals surface area contributed by atoms with E-state index in [1.807, 2.05) is 30.3 Å². The summed E-state index contributed by atoms with van der Waals surface area (Å²) in [5.74, 6) is -2.77. The maximum absolute atomic E-state index is 11.9. The van der Waals surface area contributed by atoms with Crippen molar-refractivity contribution in [2.24, 2.45) is 0 Å². The van der Waals surface area contributed by atoms with Gasteiger partial charge in [0.2, 0.25) is 18.3 Å². The average molecular weight is 543 g/mol. The van der Waals surface area contributed by atoms with Crippen molar-refractivity contribution in [1.29, 1.82) is 5.41 Å². The van der Waals surface area contributed by atoms with Crippen LogP contribution in [0.15, 0.2) is 35.2 Å². The number of carbonyl (C=O) groups is 3. The quantitative estimate of drug-likeness (QED) is 0.137. The minimum absolute atomic E-state index is 0.216. The van der Waals surface area contributed by atoms with E-state index in [1.165, 1.54) is 18.7 Å². The van der Waals surface area contributed by atoms with E-state index in [0.717, 1.165) is 18.7 Å². The number of rotatable bonds is 7. The molecule has 182 valence electrons. The van der Waals surface area contributed by atoms with Crippen LogP contribution in [0.25, 0.3) is 0 Å². The second-order valence-electron chi connectivity index (χ2n) is 6.83. The SMILES string of the molecule is CC(=O)O[C@H]1[C@@H](OC(C)=O)[C@@H](CSc2ccccc2)O[C@@H](OC(=N)C(Cl)(Cl)Cl)[C@@H]1OC(C)=O. The Kier molecular flexibility index (Phi) is 10.1. The normalized spacial score (nSPS) is 25.0. The summed E-state index contributed by atoms with van der Waals surface area (Å²) in [5.41, 5.74) is 0. The maximum Gasteiger partial charge on any atom is 0.303 e. The Balaban J connectivity index is 2.42. The zero-order chi connectivity index (χ0) is 24.8. The number of benzene rings is 1. The molecule has 1 aliphatic rings. The lowest BCUT2D eigenvalue weighted by Gasteiger charge is -2.44. The summed E-state index contributed by atoms with van der Waals surface area (Å²) in [5, 5.41) is 7.89. The van der Waals surface area contributed by atoms with Crippen molar-refractivity contribution in [2.45, 2.75) is 60.2 Å². The molecule has 0 saturated carbocycles. The predicted molar refractivity (Wildman–Crippen MR) is 122 cm³/mol. The number of halogens is 3. The van der Waals surface area contributed by atoms with Gasteiger partial charge in [-0.05, 0) is 12.1 Å². The van der Waals surface area contributed by atoms with E-state index < -0.39 is 58.3 Å². The largest absolute Gasteiger partial charge is 0.456 e. The van der Waals surface area contributed by atoms with Crippen molar-refractivity contribution in [1.82, 2.24) is 0 Å². The topological polar surface area (TPSA) is 121 Å². The first-order valence-electron chi connectivity index (χ1n) is 9.56. The molecule has 0 aromatic heterocycles. The monoisotopic (exact) mass is 541 g/mol. The Hall–Kier alpha value is -1.72. The minimum Gasteiger partial charge on any atom is -0.456 e. The van der Waals surface area contributed by atoms with Crippen LogP contribution in [0.2, 0.25) is 0 Å². The second-order valence-corrected chi connectivity index (χ2v) is 10.2. The van der Waals surface area contributed by atoms with Gasteiger partial charge in [0, 0.05) is 31.4 Å². The summed E-state index contributed by atoms with van der Waals surface area (Å²) in [4.78, 5) is 36.3. The van der Waals surface area contributed by atoms with Gasteiger partial charge in [-0.25, -0.2) is 0 Å². The first kappa shape index (κ1) is 27.5. The molecule has 1 aliphatic heterocycles. The van der Waals surface area contributed by atoms with Gasteiger partial charge in [0.25, 0.3) is 3.79 Å². The number of alkyl halides is 3. The highest BCUT2D eigenvalue weighted by molar-refractivity contribution is 7.99. The molecule has 0 bridgehead atoms. The summed E-state index contributed by atoms with van der Waals surface area (Å²) in [6.07, 6.45) is -6.33. The molecule has 9 nitrogen and oxygen atoms in total. The highest BCUT2D eigenvalue weighted by atomic mass is 35.6. The van der Waals surface area contributed by atoms with Gasteiger partial charge >= 0.3 is 17.9 Å². The molecule has 1 aromatic carbocycles. The van der Waals surface area contributed by atoms with Gasteiger partial charge in [-0.1, -0.05) is 53.0 Å². The molecule has 1 aromatic rings. The molecular weight excluding hydrogens is 521 g/mol. The Bertz CT molecular complexity index is 867. The molecule has 33 heavy (non-hydrogen) atoms. The second kappa shape index (κ2) is 12.1. The van der Waals surface area contributed by atoms with E-state index in [-0.39, 0.29) is 5.75 Å². The third-order valence-corrected chi connectivity index (χ3v) is 5.76. The van der Waals surface area contributed by atoms with Crippen LogP contribution >= 0.6 is 46.6 Å². The Morgan fingerprint density at radius 2 is 1.42 bits per heavy atom. The Morgan fingerprint density at radius 1 is 0.909 bits per heavy atom. The van der Waals surface area contributed by atoms with Gasteiger partial charge in [-0.3, -0.25) is 19.8 Å². The van der Waals surface area contributed by atoms with Crippen LogP contribution in [0.4, 0.5) is 0 Å². The number of thioether (sulfide) groups is 1. The van der Waals surface area contributed by atoms with Gasteiger partial charge in [-0.15, -0.1) is 11.8 Å². The van der Waals surface area contributed by atoms with E-state index in [1.54, 1.807) is 0 Å². The summed E-state index contributed by atoms with van der Waals surface area (Å²) >= 11 is 18.5. The summed E-state index contributed by atoms with van der Waals surface area (Å²) in [7, 11) is 0. The lowest BCUT2D eigenvalue weighted by atomic mass is 9.98. The van der Waals surface area contributed by atoms with Crippen molar-refractivity contribution in [3.8, 4) is 0 Å². The highest BCUT2D eigenvalue weighted by Gasteiger charge is 2.53. The number of esters is 3. The van der Waals surface area contributed by atoms with Crippen molar-refractivity contribution in [3.05, 3.63) is 30.3 Å². The molecule has 0 amide bonds. The zero-order valence-electron chi connectivity index (χ0n) is 17.8. The number of carbonyl (C=O) groups excluding carboxylic acids is 3. The number of hydrogen-bond acceptors (Lipinski definition) is 10. The van der Waals surface area contributed by atoms with Gasteiger partial charge in [0.05, 0.1) is 0 Å². The summed E-state index contributed by atoms with van der Waals surface area (Å²) < 4.78 is 25.1. The Morgan fingerprint density at radius 3 is 1.94 bits per heavy atom. The molecule has 0 aliphatic carbocycles. The van der Waals surface area contributed by atoms with Crippen molar-refractivity contribution in [3.63, 3.8) is 0 Å². The molecule has 2 rings (SSSR count). The first-order valence-corrected chi connectivity index (χ1v) is 11.7. The minimum atomic E-state index is -2.23. The number of hydrogen-bond donors (Lipinski definition) is 1. The summed E-state index contributed by atoms with van der Waals surface area (Å²) in [6, 6.07) is 9.29. The third kappa shape index (κ3) is 8.53. The number of ether oxygens (including phenoxy) is 5. The Labute approximate surface area is 209 Å². The fourth-order valence-corrected chi connectivity index (χ4v) is 4.07. The van der Waals surface area contributed by atoms with Crippen LogP contribution in [0.3, 0.4) is 0 Å². The van der Waals surface area contributed by atoms with Gasteiger partial charge < -0.3 is 23.7 Å². The molecule has 0 spiro atoms. The van der Waals surface area contributed by atoms with Crippen LogP contribution in [0.5, 0.6) is 0 Å². The summed E-state index contributed by atoms with van der Waals surface area (Å²) in [6.45, 7) is 3.42. The van der Waals surface area contributed by atoms with Crippen molar-refractivity contribution >= 4 is 70.4 Å². The van der Waals surface area contributed by atoms with Crippen LogP contribution in [-0.2, 0) is 38.1 Å². The van der Waals surface area contributed by atoms with Crippen molar-refractivity contribution < 1.29 is 38.1 Å². The van der Waals surface area contributed by atoms with Gasteiger partial charge in [0.15, 0.2) is 12.2 Å². The number of nitrogens with one attached hydrogen (secondary N) is 1. The molecule has 0 radical (unpaired) electrons. The highest BCUT2D eigenvalue weighted by Crippen LogP contribution is 2.35. The van der Waals surface area contributed by atoms with Crippen LogP contribution in [0, 0.1) is 5.41 Å². The molecule has 1 fully saturated rings. The standard InChI is InChI=1S/C20H22Cl3NO8S/c1-10(25)28-15-14(9-33-13-7-5-4-6-8-13)31-18(32-19(24)20(21,22)23)17(30-12(3)27)16(15)29-11(2)26/h4-8,14-18,24H,9H2,1-3H3/t14-,15+,16+,17-,18+/m1/s1. The van der Waals surface area contributed by atoms with E-state index in [0.29, 0.717) is 0 Å². The zero-order valence-corrected chi connectivity index (χ0v) is 20.9. The lowest BCUT2D eigenvalue weighted by molar-refractivity contribution is -0.283. The van der Waals surface area contributed by atoms with Crippen LogP contribution < -0.4 is 0 Å². The molecule has 13 heteroatoms. The van der Waals surface area contributed by atoms with E-state index in [2.05, 4.69) is 0 Å². The van der Waals surface area contributed by atoms with Gasteiger partial charge in [-0.2, -0.15) is 0 Å². The van der Waals surface area contributed by atoms with Crippen molar-refractivity contribution in [2.75, 3.05) is 5.75 Å². The maximum atomic E-state index is 11.9.